The van der Waals surface area contributed by atoms with E-state index in [1.54, 1.807) is 12.2 Å². The number of benzene rings is 1. The second-order valence-corrected chi connectivity index (χ2v) is 6.92. The van der Waals surface area contributed by atoms with Gasteiger partial charge in [-0.15, -0.1) is 0 Å². The smallest absolute Gasteiger partial charge is 0.166 e. The van der Waals surface area contributed by atoms with Gasteiger partial charge in [0.05, 0.1) is 17.0 Å². The number of hydrogen-bond donors (Lipinski definition) is 2. The summed E-state index contributed by atoms with van der Waals surface area (Å²) >= 11 is 0. The molecular weight excluding hydrogens is 304 g/mol. The van der Waals surface area contributed by atoms with Crippen LogP contribution in [0.5, 0.6) is 5.75 Å². The number of aliphatic hydroxyl groups excluding tert-OH is 1. The Morgan fingerprint density at radius 3 is 2.75 bits per heavy atom. The number of phenolic OH excluding ortho intramolecular Hbond substituents is 1. The van der Waals surface area contributed by atoms with Crippen LogP contribution in [-0.2, 0) is 11.2 Å². The average molecular weight is 324 g/mol. The third-order valence-corrected chi connectivity index (χ3v) is 5.66. The zero-order valence-electron chi connectivity index (χ0n) is 13.6. The predicted molar refractivity (Wildman–Crippen MR) is 90.2 cm³/mol. The lowest BCUT2D eigenvalue weighted by molar-refractivity contribution is -0.121. The first-order valence-electron chi connectivity index (χ1n) is 8.57. The number of aliphatic hydroxyl groups is 1. The minimum atomic E-state index is -0.348. The maximum absolute atomic E-state index is 12.4. The summed E-state index contributed by atoms with van der Waals surface area (Å²) < 4.78 is 0. The fraction of sp³-hybridized carbons (Fsp3) is 0.400. The van der Waals surface area contributed by atoms with Gasteiger partial charge in [0.2, 0.25) is 0 Å². The van der Waals surface area contributed by atoms with Crippen molar-refractivity contribution in [3.05, 3.63) is 46.0 Å². The molecule has 0 fully saturated rings. The molecule has 0 saturated heterocycles. The van der Waals surface area contributed by atoms with E-state index < -0.39 is 0 Å². The molecule has 124 valence electrons. The molecule has 4 nitrogen and oxygen atoms in total. The Bertz CT molecular complexity index is 829. The predicted octanol–water partition coefficient (Wildman–Crippen LogP) is 3.83. The first-order valence-corrected chi connectivity index (χ1v) is 8.57. The van der Waals surface area contributed by atoms with Crippen molar-refractivity contribution in [2.45, 2.75) is 44.9 Å². The second-order valence-electron chi connectivity index (χ2n) is 6.92. The molecule has 2 N–H and O–H groups in total. The second kappa shape index (κ2) is 5.33. The van der Waals surface area contributed by atoms with Crippen LogP contribution in [0, 0.1) is 5.92 Å². The Morgan fingerprint density at radius 1 is 1.21 bits per heavy atom. The zero-order valence-corrected chi connectivity index (χ0v) is 13.6. The fourth-order valence-electron chi connectivity index (χ4n) is 4.36. The van der Waals surface area contributed by atoms with Crippen LogP contribution in [0.4, 0.5) is 0 Å². The summed E-state index contributed by atoms with van der Waals surface area (Å²) in [6, 6.07) is 1.94. The minimum absolute atomic E-state index is 0.0581. The maximum Gasteiger partial charge on any atom is 0.166 e. The van der Waals surface area contributed by atoms with Crippen molar-refractivity contribution < 1.29 is 19.8 Å². The van der Waals surface area contributed by atoms with E-state index in [2.05, 4.69) is 6.92 Å². The highest BCUT2D eigenvalue weighted by atomic mass is 16.3. The number of phenols is 1. The van der Waals surface area contributed by atoms with Crippen LogP contribution >= 0.6 is 0 Å². The average Bonchev–Trinajstić information content (AvgIpc) is 2.56. The normalized spacial score (nSPS) is 25.4. The molecule has 0 radical (unpaired) electrons. The van der Waals surface area contributed by atoms with E-state index >= 15 is 0 Å². The Morgan fingerprint density at radius 2 is 2.00 bits per heavy atom. The largest absolute Gasteiger partial charge is 0.507 e. The lowest BCUT2D eigenvalue weighted by Crippen LogP contribution is -2.27. The molecule has 0 bridgehead atoms. The van der Waals surface area contributed by atoms with E-state index in [0.717, 1.165) is 24.0 Å². The number of rotatable bonds is 1. The van der Waals surface area contributed by atoms with Gasteiger partial charge in [-0.05, 0) is 36.3 Å². The topological polar surface area (TPSA) is 74.6 Å². The van der Waals surface area contributed by atoms with Crippen LogP contribution in [0.1, 0.15) is 65.6 Å². The van der Waals surface area contributed by atoms with Gasteiger partial charge in [-0.2, -0.15) is 0 Å². The van der Waals surface area contributed by atoms with E-state index in [1.807, 2.05) is 6.07 Å². The number of hydrogen-bond acceptors (Lipinski definition) is 4. The summed E-state index contributed by atoms with van der Waals surface area (Å²) in [6.07, 6.45) is 6.47. The molecule has 3 aliphatic carbocycles. The van der Waals surface area contributed by atoms with Crippen molar-refractivity contribution in [1.29, 1.82) is 0 Å². The number of Topliss-reactive ketones (excluding diaryl/α,β-unsaturated/α-hetero) is 2. The molecule has 4 heteroatoms. The van der Waals surface area contributed by atoms with Gasteiger partial charge in [-0.1, -0.05) is 25.1 Å². The summed E-state index contributed by atoms with van der Waals surface area (Å²) in [5.74, 6) is -0.254. The molecule has 0 aliphatic heterocycles. The number of carbonyl (C=O) groups excluding carboxylic acids is 2. The van der Waals surface area contributed by atoms with Gasteiger partial charge in [0.25, 0.3) is 0 Å². The van der Waals surface area contributed by atoms with E-state index in [-0.39, 0.29) is 34.9 Å². The van der Waals surface area contributed by atoms with Gasteiger partial charge in [-0.3, -0.25) is 9.59 Å². The van der Waals surface area contributed by atoms with Gasteiger partial charge in [0.1, 0.15) is 17.3 Å². The van der Waals surface area contributed by atoms with Crippen LogP contribution in [0.2, 0.25) is 0 Å². The molecule has 0 spiro atoms. The number of allylic oxidation sites excluding steroid dienone is 3. The van der Waals surface area contributed by atoms with Gasteiger partial charge in [0, 0.05) is 18.4 Å². The molecule has 24 heavy (non-hydrogen) atoms. The molecule has 1 aromatic carbocycles. The van der Waals surface area contributed by atoms with Gasteiger partial charge >= 0.3 is 0 Å². The fourth-order valence-corrected chi connectivity index (χ4v) is 4.36. The summed E-state index contributed by atoms with van der Waals surface area (Å²) in [4.78, 5) is 24.6. The van der Waals surface area contributed by atoms with Crippen molar-refractivity contribution in [2.75, 3.05) is 0 Å². The lowest BCUT2D eigenvalue weighted by atomic mass is 9.72. The van der Waals surface area contributed by atoms with Gasteiger partial charge < -0.3 is 10.2 Å². The monoisotopic (exact) mass is 324 g/mol. The summed E-state index contributed by atoms with van der Waals surface area (Å²) in [5.41, 5.74) is 2.91. The number of carbonyl (C=O) groups is 2. The molecule has 0 heterocycles. The van der Waals surface area contributed by atoms with Crippen LogP contribution < -0.4 is 0 Å². The molecule has 2 atom stereocenters. The highest BCUT2D eigenvalue weighted by molar-refractivity contribution is 6.03. The number of ketones is 2. The highest BCUT2D eigenvalue weighted by Crippen LogP contribution is 2.47. The maximum atomic E-state index is 12.4. The van der Waals surface area contributed by atoms with E-state index in [1.165, 1.54) is 0 Å². The molecule has 4 rings (SSSR count). The van der Waals surface area contributed by atoms with Crippen molar-refractivity contribution >= 4 is 17.3 Å². The first-order chi connectivity index (χ1) is 11.5. The number of fused-ring (bicyclic) bond motifs is 3. The molecular formula is C20H20O4. The molecule has 1 aromatic rings. The van der Waals surface area contributed by atoms with Gasteiger partial charge in [0.15, 0.2) is 5.78 Å². The Balaban J connectivity index is 1.98. The Hall–Kier alpha value is -2.36. The summed E-state index contributed by atoms with van der Waals surface area (Å²) in [7, 11) is 0. The van der Waals surface area contributed by atoms with Crippen LogP contribution in [0.15, 0.2) is 23.8 Å². The molecule has 0 saturated carbocycles. The van der Waals surface area contributed by atoms with Crippen molar-refractivity contribution in [2.24, 2.45) is 5.92 Å². The zero-order chi connectivity index (χ0) is 17.0. The Labute approximate surface area is 140 Å². The minimum Gasteiger partial charge on any atom is -0.507 e. The molecule has 0 amide bonds. The van der Waals surface area contributed by atoms with Crippen molar-refractivity contribution in [1.82, 2.24) is 0 Å². The Kier molecular flexibility index (Phi) is 3.37. The number of aromatic hydroxyl groups is 1. The third-order valence-electron chi connectivity index (χ3n) is 5.66. The third kappa shape index (κ3) is 1.98. The summed E-state index contributed by atoms with van der Waals surface area (Å²) in [6.45, 7) is 2.08. The SMILES string of the molecule is CC[C@@H]1CCC(=O)c2c1cc1c(c2O)C(O)=C2C=CCC(=O)C2C1. The lowest BCUT2D eigenvalue weighted by Gasteiger charge is -2.32. The van der Waals surface area contributed by atoms with Crippen molar-refractivity contribution in [3.8, 4) is 5.75 Å². The molecule has 0 aromatic heterocycles. The molecule has 3 aliphatic rings. The highest BCUT2D eigenvalue weighted by Gasteiger charge is 2.37. The van der Waals surface area contributed by atoms with Crippen molar-refractivity contribution in [3.63, 3.8) is 0 Å². The molecule has 1 unspecified atom stereocenters. The van der Waals surface area contributed by atoms with Gasteiger partial charge in [-0.25, -0.2) is 0 Å². The van der Waals surface area contributed by atoms with Crippen LogP contribution in [0.25, 0.3) is 5.76 Å². The van der Waals surface area contributed by atoms with E-state index in [0.29, 0.717) is 36.0 Å². The van der Waals surface area contributed by atoms with Crippen LogP contribution in [0.3, 0.4) is 0 Å². The van der Waals surface area contributed by atoms with E-state index in [9.17, 15) is 19.8 Å². The standard InChI is InChI=1S/C20H20O4/c1-2-10-6-7-16(22)18-13(10)8-11-9-14-12(4-3-5-15(14)21)19(23)17(11)20(18)24/h3-4,8,10,14,23-24H,2,5-7,9H2,1H3/t10-,14?/m1/s1. The quantitative estimate of drug-likeness (QED) is 0.823. The first kappa shape index (κ1) is 15.2. The summed E-state index contributed by atoms with van der Waals surface area (Å²) in [5, 5.41) is 21.4. The van der Waals surface area contributed by atoms with E-state index in [4.69, 9.17) is 0 Å². The van der Waals surface area contributed by atoms with Crippen LogP contribution in [-0.4, -0.2) is 21.8 Å².